The maximum atomic E-state index is 5.62. The maximum absolute atomic E-state index is 5.62. The minimum absolute atomic E-state index is 0.0599. The number of likely N-dealkylation sites (tertiary alicyclic amines) is 1. The Hall–Kier alpha value is -0.120. The van der Waals surface area contributed by atoms with Gasteiger partial charge in [0, 0.05) is 32.3 Å². The molecular weight excluding hydrogens is 200 g/mol. The highest BCUT2D eigenvalue weighted by Gasteiger charge is 2.32. The Bertz CT molecular complexity index is 208. The second-order valence-electron chi connectivity index (χ2n) is 5.64. The molecule has 16 heavy (non-hydrogen) atoms. The van der Waals surface area contributed by atoms with Crippen LogP contribution in [0.4, 0.5) is 0 Å². The molecular formula is C13H28N2O. The van der Waals surface area contributed by atoms with Crippen molar-refractivity contribution in [2.75, 3.05) is 26.7 Å². The molecule has 0 saturated carbocycles. The number of nitrogens with one attached hydrogen (secondary N) is 1. The lowest BCUT2D eigenvalue weighted by Gasteiger charge is -2.42. The Balaban J connectivity index is 2.40. The highest BCUT2D eigenvalue weighted by Crippen LogP contribution is 2.24. The monoisotopic (exact) mass is 228 g/mol. The molecule has 1 aliphatic heterocycles. The topological polar surface area (TPSA) is 24.5 Å². The fraction of sp³-hybridized carbons (Fsp3) is 1.00. The number of methoxy groups -OCH3 is 1. The van der Waals surface area contributed by atoms with E-state index in [1.807, 2.05) is 7.11 Å². The number of hydrogen-bond donors (Lipinski definition) is 1. The zero-order valence-electron chi connectivity index (χ0n) is 11.5. The smallest absolute Gasteiger partial charge is 0.0777 e. The summed E-state index contributed by atoms with van der Waals surface area (Å²) >= 11 is 0. The molecule has 2 unspecified atom stereocenters. The third kappa shape index (κ3) is 4.04. The summed E-state index contributed by atoms with van der Waals surface area (Å²) < 4.78 is 5.62. The Morgan fingerprint density at radius 3 is 2.62 bits per heavy atom. The van der Waals surface area contributed by atoms with Gasteiger partial charge in [-0.1, -0.05) is 13.8 Å². The van der Waals surface area contributed by atoms with Crippen LogP contribution < -0.4 is 5.32 Å². The van der Waals surface area contributed by atoms with Crippen molar-refractivity contribution in [3.05, 3.63) is 0 Å². The average Bonchev–Trinajstić information content (AvgIpc) is 2.26. The van der Waals surface area contributed by atoms with Crippen molar-refractivity contribution >= 4 is 0 Å². The molecule has 0 bridgehead atoms. The van der Waals surface area contributed by atoms with Gasteiger partial charge in [-0.3, -0.25) is 4.90 Å². The van der Waals surface area contributed by atoms with Gasteiger partial charge >= 0.3 is 0 Å². The van der Waals surface area contributed by atoms with Crippen LogP contribution in [0, 0.1) is 0 Å². The van der Waals surface area contributed by atoms with E-state index in [1.54, 1.807) is 0 Å². The van der Waals surface area contributed by atoms with Crippen molar-refractivity contribution in [1.82, 2.24) is 10.2 Å². The molecule has 3 nitrogen and oxygen atoms in total. The molecule has 0 aliphatic carbocycles. The quantitative estimate of drug-likeness (QED) is 0.777. The second-order valence-corrected chi connectivity index (χ2v) is 5.64. The van der Waals surface area contributed by atoms with E-state index >= 15 is 0 Å². The molecule has 1 saturated heterocycles. The van der Waals surface area contributed by atoms with Gasteiger partial charge in [0.15, 0.2) is 0 Å². The summed E-state index contributed by atoms with van der Waals surface area (Å²) in [5.41, 5.74) is 0.0599. The van der Waals surface area contributed by atoms with Crippen molar-refractivity contribution in [2.24, 2.45) is 0 Å². The summed E-state index contributed by atoms with van der Waals surface area (Å²) in [4.78, 5) is 2.54. The molecule has 1 N–H and O–H groups in total. The molecule has 3 heteroatoms. The van der Waals surface area contributed by atoms with Gasteiger partial charge in [-0.2, -0.15) is 0 Å². The Labute approximate surface area is 101 Å². The number of nitrogens with zero attached hydrogens (tertiary/aromatic N) is 1. The third-order valence-electron chi connectivity index (χ3n) is 3.63. The lowest BCUT2D eigenvalue weighted by Crippen LogP contribution is -2.53. The standard InChI is InChI=1S/C13H28N2O/c1-11(2)14-9-12(3)15-8-6-7-13(4,10-15)16-5/h11-12,14H,6-10H2,1-5H3. The van der Waals surface area contributed by atoms with Crippen LogP contribution in [-0.4, -0.2) is 49.3 Å². The van der Waals surface area contributed by atoms with Gasteiger partial charge < -0.3 is 10.1 Å². The predicted octanol–water partition coefficient (Wildman–Crippen LogP) is 1.87. The van der Waals surface area contributed by atoms with Crippen molar-refractivity contribution < 1.29 is 4.74 Å². The first kappa shape index (κ1) is 13.9. The van der Waals surface area contributed by atoms with Gasteiger partial charge in [0.25, 0.3) is 0 Å². The van der Waals surface area contributed by atoms with E-state index in [1.165, 1.54) is 19.4 Å². The summed E-state index contributed by atoms with van der Waals surface area (Å²) in [6.07, 6.45) is 2.43. The zero-order valence-corrected chi connectivity index (χ0v) is 11.5. The van der Waals surface area contributed by atoms with Crippen LogP contribution in [0.5, 0.6) is 0 Å². The first-order valence-corrected chi connectivity index (χ1v) is 6.49. The van der Waals surface area contributed by atoms with E-state index in [0.29, 0.717) is 12.1 Å². The van der Waals surface area contributed by atoms with E-state index in [2.05, 4.69) is 37.9 Å². The molecule has 0 spiro atoms. The minimum Gasteiger partial charge on any atom is -0.377 e. The molecule has 1 heterocycles. The number of rotatable bonds is 5. The molecule has 0 aromatic carbocycles. The number of hydrogen-bond acceptors (Lipinski definition) is 3. The van der Waals surface area contributed by atoms with Gasteiger partial charge in [-0.15, -0.1) is 0 Å². The summed E-state index contributed by atoms with van der Waals surface area (Å²) in [6.45, 7) is 12.3. The number of piperidine rings is 1. The van der Waals surface area contributed by atoms with Gasteiger partial charge in [0.05, 0.1) is 5.60 Å². The van der Waals surface area contributed by atoms with Crippen LogP contribution in [0.3, 0.4) is 0 Å². The number of ether oxygens (including phenoxy) is 1. The van der Waals surface area contributed by atoms with Crippen molar-refractivity contribution in [3.8, 4) is 0 Å². The lowest BCUT2D eigenvalue weighted by molar-refractivity contribution is -0.0593. The van der Waals surface area contributed by atoms with Crippen molar-refractivity contribution in [2.45, 2.75) is 58.2 Å². The van der Waals surface area contributed by atoms with Gasteiger partial charge in [0.2, 0.25) is 0 Å². The fourth-order valence-corrected chi connectivity index (χ4v) is 2.32. The molecule has 96 valence electrons. The molecule has 0 radical (unpaired) electrons. The lowest BCUT2D eigenvalue weighted by atomic mass is 9.93. The normalized spacial score (nSPS) is 29.6. The Morgan fingerprint density at radius 2 is 2.06 bits per heavy atom. The van der Waals surface area contributed by atoms with Crippen LogP contribution in [0.1, 0.15) is 40.5 Å². The van der Waals surface area contributed by atoms with Crippen molar-refractivity contribution in [1.29, 1.82) is 0 Å². The Morgan fingerprint density at radius 1 is 1.38 bits per heavy atom. The highest BCUT2D eigenvalue weighted by atomic mass is 16.5. The maximum Gasteiger partial charge on any atom is 0.0777 e. The van der Waals surface area contributed by atoms with Crippen LogP contribution >= 0.6 is 0 Å². The SMILES string of the molecule is COC1(C)CCCN(C(C)CNC(C)C)C1. The summed E-state index contributed by atoms with van der Waals surface area (Å²) in [5, 5.41) is 3.51. The van der Waals surface area contributed by atoms with E-state index < -0.39 is 0 Å². The molecule has 1 rings (SSSR count). The van der Waals surface area contributed by atoms with E-state index in [9.17, 15) is 0 Å². The molecule has 0 aromatic heterocycles. The van der Waals surface area contributed by atoms with Gasteiger partial charge in [-0.25, -0.2) is 0 Å². The van der Waals surface area contributed by atoms with Gasteiger partial charge in [0.1, 0.15) is 0 Å². The Kier molecular flexibility index (Phi) is 5.22. The molecule has 1 aliphatic rings. The van der Waals surface area contributed by atoms with Gasteiger partial charge in [-0.05, 0) is 33.2 Å². The van der Waals surface area contributed by atoms with Crippen LogP contribution in [0.25, 0.3) is 0 Å². The molecule has 0 aromatic rings. The predicted molar refractivity (Wildman–Crippen MR) is 68.8 cm³/mol. The molecule has 1 fully saturated rings. The molecule has 2 atom stereocenters. The van der Waals surface area contributed by atoms with Crippen LogP contribution in [-0.2, 0) is 4.74 Å². The zero-order chi connectivity index (χ0) is 12.2. The van der Waals surface area contributed by atoms with E-state index in [4.69, 9.17) is 4.74 Å². The fourth-order valence-electron chi connectivity index (χ4n) is 2.32. The third-order valence-corrected chi connectivity index (χ3v) is 3.63. The van der Waals surface area contributed by atoms with Crippen molar-refractivity contribution in [3.63, 3.8) is 0 Å². The molecule has 0 amide bonds. The highest BCUT2D eigenvalue weighted by molar-refractivity contribution is 4.87. The first-order valence-electron chi connectivity index (χ1n) is 6.49. The summed E-state index contributed by atoms with van der Waals surface area (Å²) in [5.74, 6) is 0. The van der Waals surface area contributed by atoms with E-state index in [-0.39, 0.29) is 5.60 Å². The van der Waals surface area contributed by atoms with Crippen LogP contribution in [0.2, 0.25) is 0 Å². The average molecular weight is 228 g/mol. The minimum atomic E-state index is 0.0599. The van der Waals surface area contributed by atoms with E-state index in [0.717, 1.165) is 13.1 Å². The largest absolute Gasteiger partial charge is 0.377 e. The van der Waals surface area contributed by atoms with Crippen LogP contribution in [0.15, 0.2) is 0 Å². The second kappa shape index (κ2) is 5.99. The summed E-state index contributed by atoms with van der Waals surface area (Å²) in [7, 11) is 1.83. The summed E-state index contributed by atoms with van der Waals surface area (Å²) in [6, 6.07) is 1.17. The first-order chi connectivity index (χ1) is 7.47.